The van der Waals surface area contributed by atoms with Crippen LogP contribution in [0.15, 0.2) is 36.7 Å². The highest BCUT2D eigenvalue weighted by atomic mass is 127. The maximum Gasteiger partial charge on any atom is 0.227 e. The van der Waals surface area contributed by atoms with E-state index in [0.29, 0.717) is 6.42 Å². The number of carbonyl (C=O) groups is 1. The molecule has 0 unspecified atom stereocenters. The van der Waals surface area contributed by atoms with Gasteiger partial charge in [0.2, 0.25) is 5.91 Å². The first kappa shape index (κ1) is 19.0. The smallest absolute Gasteiger partial charge is 0.227 e. The fourth-order valence-corrected chi connectivity index (χ4v) is 4.11. The third-order valence-corrected chi connectivity index (χ3v) is 5.58. The standard InChI is InChI=1S/C19H24IN5O/c1-14(12-16(26)24(2)15-6-4-3-5-7-15)17-18(20)22-13-23-19(17)25-10-8-21-9-11-25/h3-7,13-14,21H,8-12H2,1-2H3/t14-/m1/s1. The number of rotatable bonds is 5. The van der Waals surface area contributed by atoms with Crippen LogP contribution in [-0.4, -0.2) is 49.1 Å². The molecule has 2 aromatic rings. The van der Waals surface area contributed by atoms with Crippen LogP contribution in [-0.2, 0) is 4.79 Å². The lowest BCUT2D eigenvalue weighted by Gasteiger charge is -2.31. The molecule has 1 amide bonds. The fraction of sp³-hybridized carbons (Fsp3) is 0.421. The number of nitrogens with one attached hydrogen (secondary N) is 1. The minimum Gasteiger partial charge on any atom is -0.354 e. The first-order valence-corrected chi connectivity index (χ1v) is 9.93. The SMILES string of the molecule is C[C@H](CC(=O)N(C)c1ccccc1)c1c(I)ncnc1N1CCNCC1. The van der Waals surface area contributed by atoms with Gasteiger partial charge >= 0.3 is 0 Å². The molecular weight excluding hydrogens is 441 g/mol. The van der Waals surface area contributed by atoms with Crippen LogP contribution in [0.25, 0.3) is 0 Å². The Morgan fingerprint density at radius 1 is 1.27 bits per heavy atom. The lowest BCUT2D eigenvalue weighted by molar-refractivity contribution is -0.118. The number of para-hydroxylation sites is 1. The van der Waals surface area contributed by atoms with Gasteiger partial charge in [-0.1, -0.05) is 25.1 Å². The second kappa shape index (κ2) is 8.77. The summed E-state index contributed by atoms with van der Waals surface area (Å²) in [6.45, 7) is 5.83. The first-order chi connectivity index (χ1) is 12.6. The summed E-state index contributed by atoms with van der Waals surface area (Å²) in [5, 5.41) is 3.37. The average molecular weight is 465 g/mol. The summed E-state index contributed by atoms with van der Waals surface area (Å²) >= 11 is 2.25. The average Bonchev–Trinajstić information content (AvgIpc) is 2.68. The van der Waals surface area contributed by atoms with E-state index in [2.05, 4.69) is 49.7 Å². The predicted molar refractivity (Wildman–Crippen MR) is 113 cm³/mol. The van der Waals surface area contributed by atoms with Crippen LogP contribution in [0.2, 0.25) is 0 Å². The zero-order valence-corrected chi connectivity index (χ0v) is 17.3. The van der Waals surface area contributed by atoms with Crippen LogP contribution in [0.4, 0.5) is 11.5 Å². The molecule has 1 saturated heterocycles. The van der Waals surface area contributed by atoms with E-state index in [4.69, 9.17) is 0 Å². The zero-order valence-electron chi connectivity index (χ0n) is 15.2. The van der Waals surface area contributed by atoms with Crippen molar-refractivity contribution in [3.8, 4) is 0 Å². The molecule has 0 spiro atoms. The summed E-state index contributed by atoms with van der Waals surface area (Å²) in [7, 11) is 1.83. The number of hydrogen-bond donors (Lipinski definition) is 1. The van der Waals surface area contributed by atoms with Crippen molar-refractivity contribution in [3.63, 3.8) is 0 Å². The lowest BCUT2D eigenvalue weighted by atomic mass is 9.98. The van der Waals surface area contributed by atoms with Crippen LogP contribution < -0.4 is 15.1 Å². The molecule has 1 fully saturated rings. The van der Waals surface area contributed by atoms with Crippen LogP contribution in [0.5, 0.6) is 0 Å². The molecule has 1 aliphatic heterocycles. The lowest BCUT2D eigenvalue weighted by Crippen LogP contribution is -2.44. The van der Waals surface area contributed by atoms with Crippen molar-refractivity contribution < 1.29 is 4.79 Å². The quantitative estimate of drug-likeness (QED) is 0.544. The molecule has 138 valence electrons. The Morgan fingerprint density at radius 2 is 1.96 bits per heavy atom. The maximum atomic E-state index is 12.8. The van der Waals surface area contributed by atoms with Crippen molar-refractivity contribution in [1.29, 1.82) is 0 Å². The van der Waals surface area contributed by atoms with Crippen molar-refractivity contribution in [2.75, 3.05) is 43.0 Å². The molecule has 1 aromatic heterocycles. The largest absolute Gasteiger partial charge is 0.354 e. The van der Waals surface area contributed by atoms with E-state index in [0.717, 1.165) is 46.9 Å². The number of piperazine rings is 1. The van der Waals surface area contributed by atoms with Crippen LogP contribution in [0.1, 0.15) is 24.8 Å². The van der Waals surface area contributed by atoms with Crippen molar-refractivity contribution >= 4 is 40.0 Å². The summed E-state index contributed by atoms with van der Waals surface area (Å²) in [5.74, 6) is 1.11. The summed E-state index contributed by atoms with van der Waals surface area (Å²) < 4.78 is 0.925. The van der Waals surface area contributed by atoms with Crippen molar-refractivity contribution in [2.24, 2.45) is 0 Å². The highest BCUT2D eigenvalue weighted by Crippen LogP contribution is 2.32. The van der Waals surface area contributed by atoms with Gasteiger partial charge in [0.1, 0.15) is 15.8 Å². The van der Waals surface area contributed by atoms with Gasteiger partial charge < -0.3 is 15.1 Å². The number of benzene rings is 1. The number of aromatic nitrogens is 2. The third kappa shape index (κ3) is 4.32. The van der Waals surface area contributed by atoms with Crippen molar-refractivity contribution in [3.05, 3.63) is 45.9 Å². The Bertz CT molecular complexity index is 749. The second-order valence-electron chi connectivity index (χ2n) is 6.53. The van der Waals surface area contributed by atoms with Gasteiger partial charge in [0, 0.05) is 50.9 Å². The number of amides is 1. The Kier molecular flexibility index (Phi) is 6.42. The molecule has 1 N–H and O–H groups in total. The van der Waals surface area contributed by atoms with Gasteiger partial charge in [0.15, 0.2) is 0 Å². The minimum absolute atomic E-state index is 0.0478. The second-order valence-corrected chi connectivity index (χ2v) is 7.55. The van der Waals surface area contributed by atoms with Gasteiger partial charge in [-0.25, -0.2) is 9.97 Å². The van der Waals surface area contributed by atoms with E-state index in [1.807, 2.05) is 37.4 Å². The van der Waals surface area contributed by atoms with E-state index < -0.39 is 0 Å². The first-order valence-electron chi connectivity index (χ1n) is 8.85. The Labute approximate surface area is 168 Å². The van der Waals surface area contributed by atoms with Crippen molar-refractivity contribution in [2.45, 2.75) is 19.3 Å². The molecule has 1 aliphatic rings. The summed E-state index contributed by atoms with van der Waals surface area (Å²) in [6.07, 6.45) is 2.04. The molecule has 1 aromatic carbocycles. The zero-order chi connectivity index (χ0) is 18.5. The molecule has 0 aliphatic carbocycles. The molecule has 6 nitrogen and oxygen atoms in total. The molecular formula is C19H24IN5O. The molecule has 3 rings (SSSR count). The van der Waals surface area contributed by atoms with E-state index >= 15 is 0 Å². The van der Waals surface area contributed by atoms with Gasteiger partial charge in [0.25, 0.3) is 0 Å². The van der Waals surface area contributed by atoms with Gasteiger partial charge in [-0.15, -0.1) is 0 Å². The van der Waals surface area contributed by atoms with Gasteiger partial charge in [-0.05, 0) is 40.6 Å². The normalized spacial score (nSPS) is 15.6. The number of carbonyl (C=O) groups excluding carboxylic acids is 1. The molecule has 0 bridgehead atoms. The van der Waals surface area contributed by atoms with E-state index in [1.165, 1.54) is 0 Å². The van der Waals surface area contributed by atoms with E-state index in [-0.39, 0.29) is 11.8 Å². The third-order valence-electron chi connectivity index (χ3n) is 4.72. The molecule has 26 heavy (non-hydrogen) atoms. The number of nitrogens with zero attached hydrogens (tertiary/aromatic N) is 4. The number of hydrogen-bond acceptors (Lipinski definition) is 5. The van der Waals surface area contributed by atoms with Gasteiger partial charge in [-0.3, -0.25) is 4.79 Å². The molecule has 7 heteroatoms. The number of anilines is 2. The monoisotopic (exact) mass is 465 g/mol. The van der Waals surface area contributed by atoms with Crippen LogP contribution >= 0.6 is 22.6 Å². The number of halogens is 1. The molecule has 2 heterocycles. The van der Waals surface area contributed by atoms with Crippen molar-refractivity contribution in [1.82, 2.24) is 15.3 Å². The maximum absolute atomic E-state index is 12.8. The minimum atomic E-state index is 0.0478. The topological polar surface area (TPSA) is 61.4 Å². The highest BCUT2D eigenvalue weighted by molar-refractivity contribution is 14.1. The predicted octanol–water partition coefficient (Wildman–Crippen LogP) is 2.65. The molecule has 0 radical (unpaired) electrons. The van der Waals surface area contributed by atoms with E-state index in [9.17, 15) is 4.79 Å². The summed E-state index contributed by atoms with van der Waals surface area (Å²) in [5.41, 5.74) is 1.98. The van der Waals surface area contributed by atoms with Crippen LogP contribution in [0.3, 0.4) is 0 Å². The van der Waals surface area contributed by atoms with Crippen LogP contribution in [0, 0.1) is 3.70 Å². The summed E-state index contributed by atoms with van der Waals surface area (Å²) in [4.78, 5) is 25.7. The molecule has 0 saturated carbocycles. The van der Waals surface area contributed by atoms with E-state index in [1.54, 1.807) is 11.2 Å². The fourth-order valence-electron chi connectivity index (χ4n) is 3.21. The summed E-state index contributed by atoms with van der Waals surface area (Å²) in [6, 6.07) is 9.74. The highest BCUT2D eigenvalue weighted by Gasteiger charge is 2.25. The molecule has 1 atom stereocenters. The van der Waals surface area contributed by atoms with Gasteiger partial charge in [-0.2, -0.15) is 0 Å². The van der Waals surface area contributed by atoms with Gasteiger partial charge in [0.05, 0.1) is 0 Å². The Hall–Kier alpha value is -1.74. The Balaban J connectivity index is 1.79. The Morgan fingerprint density at radius 3 is 2.65 bits per heavy atom.